The van der Waals surface area contributed by atoms with Gasteiger partial charge in [-0.1, -0.05) is 13.0 Å². The molecule has 1 aliphatic rings. The number of benzene rings is 1. The van der Waals surface area contributed by atoms with Crippen LogP contribution in [-0.4, -0.2) is 33.0 Å². The van der Waals surface area contributed by atoms with E-state index in [0.29, 0.717) is 12.1 Å². The maximum absolute atomic E-state index is 12.5. The molecule has 0 bridgehead atoms. The summed E-state index contributed by atoms with van der Waals surface area (Å²) in [7, 11) is -3.57. The van der Waals surface area contributed by atoms with Gasteiger partial charge in [0.25, 0.3) is 5.91 Å². The molecular weight excluding hydrogens is 350 g/mol. The van der Waals surface area contributed by atoms with Crippen LogP contribution in [0.3, 0.4) is 0 Å². The molecule has 1 saturated carbocycles. The van der Waals surface area contributed by atoms with E-state index >= 15 is 0 Å². The van der Waals surface area contributed by atoms with Crippen LogP contribution in [-0.2, 0) is 10.0 Å². The monoisotopic (exact) mass is 375 g/mol. The van der Waals surface area contributed by atoms with Crippen LogP contribution in [0.4, 0.5) is 0 Å². The zero-order valence-corrected chi connectivity index (χ0v) is 15.7. The SMILES string of the molecule is CCNS(=O)(=O)c1ccc(C)c(C(=O)NC2CCC(N)CC2)c1.Cl. The molecule has 24 heavy (non-hydrogen) atoms. The maximum atomic E-state index is 12.5. The summed E-state index contributed by atoms with van der Waals surface area (Å²) in [5, 5.41) is 3.00. The molecule has 0 unspecified atom stereocenters. The van der Waals surface area contributed by atoms with Gasteiger partial charge in [-0.05, 0) is 50.3 Å². The van der Waals surface area contributed by atoms with Crippen molar-refractivity contribution in [3.63, 3.8) is 0 Å². The highest BCUT2D eigenvalue weighted by Gasteiger charge is 2.22. The largest absolute Gasteiger partial charge is 0.349 e. The van der Waals surface area contributed by atoms with Gasteiger partial charge in [-0.25, -0.2) is 13.1 Å². The van der Waals surface area contributed by atoms with Crippen LogP contribution in [0.2, 0.25) is 0 Å². The third-order valence-electron chi connectivity index (χ3n) is 4.21. The number of nitrogens with two attached hydrogens (primary N) is 1. The van der Waals surface area contributed by atoms with Gasteiger partial charge in [0.15, 0.2) is 0 Å². The standard InChI is InChI=1S/C16H25N3O3S.ClH/c1-3-18-23(21,22)14-9-4-11(2)15(10-14)16(20)19-13-7-5-12(17)6-8-13;/h4,9-10,12-13,18H,3,5-8,17H2,1-2H3,(H,19,20);1H. The highest BCUT2D eigenvalue weighted by molar-refractivity contribution is 7.89. The van der Waals surface area contributed by atoms with E-state index < -0.39 is 10.0 Å². The van der Waals surface area contributed by atoms with E-state index in [4.69, 9.17) is 5.73 Å². The molecule has 1 aliphatic carbocycles. The second kappa shape index (κ2) is 8.80. The smallest absolute Gasteiger partial charge is 0.251 e. The first kappa shape index (κ1) is 20.9. The molecule has 0 saturated heterocycles. The Morgan fingerprint density at radius 3 is 2.46 bits per heavy atom. The quantitative estimate of drug-likeness (QED) is 0.729. The van der Waals surface area contributed by atoms with Crippen LogP contribution < -0.4 is 15.8 Å². The molecule has 0 aliphatic heterocycles. The van der Waals surface area contributed by atoms with Crippen molar-refractivity contribution in [2.45, 2.75) is 56.5 Å². The number of sulfonamides is 1. The molecule has 8 heteroatoms. The first-order valence-corrected chi connectivity index (χ1v) is 9.48. The molecule has 1 aromatic carbocycles. The average Bonchev–Trinajstić information content (AvgIpc) is 2.49. The molecule has 0 heterocycles. The maximum Gasteiger partial charge on any atom is 0.251 e. The summed E-state index contributed by atoms with van der Waals surface area (Å²) in [6, 6.07) is 4.95. The molecule has 0 radical (unpaired) electrons. The van der Waals surface area contributed by atoms with Crippen molar-refractivity contribution < 1.29 is 13.2 Å². The Hall–Kier alpha value is -1.15. The van der Waals surface area contributed by atoms with Crippen molar-refractivity contribution in [2.24, 2.45) is 5.73 Å². The number of carbonyl (C=O) groups is 1. The lowest BCUT2D eigenvalue weighted by Crippen LogP contribution is -2.40. The summed E-state index contributed by atoms with van der Waals surface area (Å²) in [4.78, 5) is 12.6. The van der Waals surface area contributed by atoms with E-state index in [-0.39, 0.29) is 35.3 Å². The van der Waals surface area contributed by atoms with E-state index in [1.54, 1.807) is 19.9 Å². The van der Waals surface area contributed by atoms with Gasteiger partial charge in [-0.2, -0.15) is 0 Å². The topological polar surface area (TPSA) is 101 Å². The van der Waals surface area contributed by atoms with Crippen LogP contribution >= 0.6 is 12.4 Å². The van der Waals surface area contributed by atoms with Crippen molar-refractivity contribution in [2.75, 3.05) is 6.54 Å². The van der Waals surface area contributed by atoms with Crippen molar-refractivity contribution in [1.29, 1.82) is 0 Å². The second-order valence-electron chi connectivity index (χ2n) is 6.06. The molecule has 1 fully saturated rings. The van der Waals surface area contributed by atoms with Crippen molar-refractivity contribution in [3.05, 3.63) is 29.3 Å². The van der Waals surface area contributed by atoms with Crippen molar-refractivity contribution in [3.8, 4) is 0 Å². The number of rotatable bonds is 5. The van der Waals surface area contributed by atoms with E-state index in [2.05, 4.69) is 10.0 Å². The second-order valence-corrected chi connectivity index (χ2v) is 7.83. The third-order valence-corrected chi connectivity index (χ3v) is 5.75. The predicted octanol–water partition coefficient (Wildman–Crippen LogP) is 1.71. The molecular formula is C16H26ClN3O3S. The average molecular weight is 376 g/mol. The fourth-order valence-corrected chi connectivity index (χ4v) is 3.88. The van der Waals surface area contributed by atoms with E-state index in [0.717, 1.165) is 31.2 Å². The third kappa shape index (κ3) is 5.17. The molecule has 0 atom stereocenters. The van der Waals surface area contributed by atoms with Gasteiger partial charge in [-0.3, -0.25) is 4.79 Å². The van der Waals surface area contributed by atoms with Crippen LogP contribution in [0.15, 0.2) is 23.1 Å². The fraction of sp³-hybridized carbons (Fsp3) is 0.562. The Kier molecular flexibility index (Phi) is 7.66. The molecule has 136 valence electrons. The van der Waals surface area contributed by atoms with Crippen molar-refractivity contribution in [1.82, 2.24) is 10.0 Å². The number of amides is 1. The van der Waals surface area contributed by atoms with Gasteiger partial charge in [0.2, 0.25) is 10.0 Å². The Morgan fingerprint density at radius 2 is 1.88 bits per heavy atom. The van der Waals surface area contributed by atoms with Gasteiger partial charge in [0.05, 0.1) is 4.90 Å². The van der Waals surface area contributed by atoms with E-state index in [1.165, 1.54) is 12.1 Å². The molecule has 0 aromatic heterocycles. The number of hydrogen-bond acceptors (Lipinski definition) is 4. The van der Waals surface area contributed by atoms with Crippen LogP contribution in [0.1, 0.15) is 48.5 Å². The molecule has 0 spiro atoms. The Bertz CT molecular complexity index is 671. The lowest BCUT2D eigenvalue weighted by molar-refractivity contribution is 0.0925. The minimum atomic E-state index is -3.57. The zero-order valence-electron chi connectivity index (χ0n) is 14.0. The number of carbonyl (C=O) groups excluding carboxylic acids is 1. The van der Waals surface area contributed by atoms with Crippen LogP contribution in [0.25, 0.3) is 0 Å². The Morgan fingerprint density at radius 1 is 1.25 bits per heavy atom. The Balaban J connectivity index is 0.00000288. The lowest BCUT2D eigenvalue weighted by Gasteiger charge is -2.27. The molecule has 1 amide bonds. The Labute approximate surface area is 150 Å². The highest BCUT2D eigenvalue weighted by Crippen LogP contribution is 2.19. The first-order chi connectivity index (χ1) is 10.8. The number of aryl methyl sites for hydroxylation is 1. The van der Waals surface area contributed by atoms with Gasteiger partial charge in [0, 0.05) is 24.2 Å². The zero-order chi connectivity index (χ0) is 17.0. The van der Waals surface area contributed by atoms with Gasteiger partial charge in [0.1, 0.15) is 0 Å². The minimum Gasteiger partial charge on any atom is -0.349 e. The summed E-state index contributed by atoms with van der Waals surface area (Å²) in [5.74, 6) is -0.225. The van der Waals surface area contributed by atoms with E-state index in [9.17, 15) is 13.2 Å². The van der Waals surface area contributed by atoms with Gasteiger partial charge >= 0.3 is 0 Å². The van der Waals surface area contributed by atoms with Crippen molar-refractivity contribution >= 4 is 28.3 Å². The van der Waals surface area contributed by atoms with E-state index in [1.807, 2.05) is 0 Å². The first-order valence-electron chi connectivity index (χ1n) is 8.00. The van der Waals surface area contributed by atoms with Gasteiger partial charge in [-0.15, -0.1) is 12.4 Å². The minimum absolute atomic E-state index is 0. The number of halogens is 1. The van der Waals surface area contributed by atoms with Crippen LogP contribution in [0.5, 0.6) is 0 Å². The summed E-state index contributed by atoms with van der Waals surface area (Å²) in [5.41, 5.74) is 7.03. The molecule has 6 nitrogen and oxygen atoms in total. The highest BCUT2D eigenvalue weighted by atomic mass is 35.5. The summed E-state index contributed by atoms with van der Waals surface area (Å²) in [6.45, 7) is 3.82. The summed E-state index contributed by atoms with van der Waals surface area (Å²) < 4.78 is 26.6. The normalized spacial score (nSPS) is 21.0. The molecule has 1 aromatic rings. The van der Waals surface area contributed by atoms with Gasteiger partial charge < -0.3 is 11.1 Å². The molecule has 2 rings (SSSR count). The number of nitrogens with one attached hydrogen (secondary N) is 2. The summed E-state index contributed by atoms with van der Waals surface area (Å²) in [6.07, 6.45) is 3.53. The lowest BCUT2D eigenvalue weighted by atomic mass is 9.91. The molecule has 4 N–H and O–H groups in total. The number of hydrogen-bond donors (Lipinski definition) is 3. The summed E-state index contributed by atoms with van der Waals surface area (Å²) >= 11 is 0. The predicted molar refractivity (Wildman–Crippen MR) is 97.0 cm³/mol. The fourth-order valence-electron chi connectivity index (χ4n) is 2.81. The van der Waals surface area contributed by atoms with Crippen LogP contribution in [0, 0.1) is 6.92 Å².